The summed E-state index contributed by atoms with van der Waals surface area (Å²) in [4.78, 5) is 0. The SMILES string of the molecule is CCNC(Cc1ccn(C)n1)c1ccc(F)c(C)c1. The van der Waals surface area contributed by atoms with E-state index in [0.29, 0.717) is 5.56 Å². The average Bonchev–Trinajstić information content (AvgIpc) is 2.78. The zero-order valence-corrected chi connectivity index (χ0v) is 11.7. The summed E-state index contributed by atoms with van der Waals surface area (Å²) in [6, 6.07) is 7.47. The van der Waals surface area contributed by atoms with Gasteiger partial charge in [0.25, 0.3) is 0 Å². The molecule has 1 atom stereocenters. The Labute approximate surface area is 113 Å². The smallest absolute Gasteiger partial charge is 0.126 e. The molecule has 1 unspecified atom stereocenters. The van der Waals surface area contributed by atoms with Gasteiger partial charge < -0.3 is 5.32 Å². The van der Waals surface area contributed by atoms with Crippen LogP contribution in [0.2, 0.25) is 0 Å². The van der Waals surface area contributed by atoms with Crippen LogP contribution in [-0.4, -0.2) is 16.3 Å². The largest absolute Gasteiger partial charge is 0.310 e. The van der Waals surface area contributed by atoms with Crippen molar-refractivity contribution in [3.05, 3.63) is 53.1 Å². The quantitative estimate of drug-likeness (QED) is 0.897. The molecular weight excluding hydrogens is 241 g/mol. The Bertz CT molecular complexity index is 548. The highest BCUT2D eigenvalue weighted by Gasteiger charge is 2.13. The molecule has 0 saturated heterocycles. The lowest BCUT2D eigenvalue weighted by molar-refractivity contribution is 0.537. The van der Waals surface area contributed by atoms with E-state index in [2.05, 4.69) is 17.3 Å². The molecule has 2 aromatic rings. The van der Waals surface area contributed by atoms with E-state index < -0.39 is 0 Å². The Morgan fingerprint density at radius 3 is 2.74 bits per heavy atom. The second kappa shape index (κ2) is 5.97. The zero-order chi connectivity index (χ0) is 13.8. The van der Waals surface area contributed by atoms with Crippen molar-refractivity contribution in [2.45, 2.75) is 26.3 Å². The second-order valence-corrected chi connectivity index (χ2v) is 4.80. The van der Waals surface area contributed by atoms with Gasteiger partial charge in [0.2, 0.25) is 0 Å². The van der Waals surface area contributed by atoms with Crippen molar-refractivity contribution in [2.75, 3.05) is 6.54 Å². The molecule has 0 aliphatic heterocycles. The molecule has 0 spiro atoms. The summed E-state index contributed by atoms with van der Waals surface area (Å²) in [5.41, 5.74) is 2.82. The Balaban J connectivity index is 2.21. The van der Waals surface area contributed by atoms with E-state index in [1.54, 1.807) is 11.6 Å². The van der Waals surface area contributed by atoms with Crippen LogP contribution in [0, 0.1) is 12.7 Å². The monoisotopic (exact) mass is 261 g/mol. The van der Waals surface area contributed by atoms with E-state index in [4.69, 9.17) is 0 Å². The van der Waals surface area contributed by atoms with Crippen LogP contribution in [0.4, 0.5) is 4.39 Å². The van der Waals surface area contributed by atoms with Gasteiger partial charge in [-0.05, 0) is 36.7 Å². The van der Waals surface area contributed by atoms with Gasteiger partial charge in [-0.3, -0.25) is 4.68 Å². The molecule has 3 nitrogen and oxygen atoms in total. The Hall–Kier alpha value is -1.68. The molecule has 0 saturated carbocycles. The maximum absolute atomic E-state index is 13.3. The lowest BCUT2D eigenvalue weighted by atomic mass is 10.00. The molecule has 4 heteroatoms. The highest BCUT2D eigenvalue weighted by Crippen LogP contribution is 2.20. The maximum Gasteiger partial charge on any atom is 0.126 e. The molecule has 1 heterocycles. The van der Waals surface area contributed by atoms with Crippen molar-refractivity contribution in [2.24, 2.45) is 7.05 Å². The van der Waals surface area contributed by atoms with Crippen molar-refractivity contribution in [1.82, 2.24) is 15.1 Å². The normalized spacial score (nSPS) is 12.6. The molecule has 0 amide bonds. The van der Waals surface area contributed by atoms with E-state index in [-0.39, 0.29) is 11.9 Å². The van der Waals surface area contributed by atoms with Crippen molar-refractivity contribution < 1.29 is 4.39 Å². The Morgan fingerprint density at radius 1 is 1.37 bits per heavy atom. The summed E-state index contributed by atoms with van der Waals surface area (Å²) in [5.74, 6) is -0.156. The van der Waals surface area contributed by atoms with Gasteiger partial charge in [0.15, 0.2) is 0 Å². The molecule has 1 aromatic heterocycles. The molecule has 0 fully saturated rings. The van der Waals surface area contributed by atoms with Crippen molar-refractivity contribution in [1.29, 1.82) is 0 Å². The fraction of sp³-hybridized carbons (Fsp3) is 0.400. The van der Waals surface area contributed by atoms with Gasteiger partial charge in [-0.2, -0.15) is 5.10 Å². The first-order valence-corrected chi connectivity index (χ1v) is 6.58. The van der Waals surface area contributed by atoms with Crippen molar-refractivity contribution in [3.8, 4) is 0 Å². The number of rotatable bonds is 5. The molecule has 102 valence electrons. The minimum Gasteiger partial charge on any atom is -0.310 e. The van der Waals surface area contributed by atoms with Crippen LogP contribution in [0.3, 0.4) is 0 Å². The summed E-state index contributed by atoms with van der Waals surface area (Å²) in [5, 5.41) is 7.83. The molecule has 0 radical (unpaired) electrons. The summed E-state index contributed by atoms with van der Waals surface area (Å²) in [6.45, 7) is 4.73. The van der Waals surface area contributed by atoms with Crippen LogP contribution in [0.15, 0.2) is 30.5 Å². The molecule has 2 rings (SSSR count). The Morgan fingerprint density at radius 2 is 2.16 bits per heavy atom. The molecule has 0 bridgehead atoms. The summed E-state index contributed by atoms with van der Waals surface area (Å²) >= 11 is 0. The van der Waals surface area contributed by atoms with Gasteiger partial charge >= 0.3 is 0 Å². The molecule has 1 N–H and O–H groups in total. The van der Waals surface area contributed by atoms with E-state index in [1.807, 2.05) is 31.4 Å². The number of aryl methyl sites for hydroxylation is 2. The van der Waals surface area contributed by atoms with E-state index in [0.717, 1.165) is 24.2 Å². The van der Waals surface area contributed by atoms with E-state index in [9.17, 15) is 4.39 Å². The third-order valence-corrected chi connectivity index (χ3v) is 3.22. The van der Waals surface area contributed by atoms with Gasteiger partial charge in [0.1, 0.15) is 5.82 Å². The summed E-state index contributed by atoms with van der Waals surface area (Å²) in [6.07, 6.45) is 2.74. The topological polar surface area (TPSA) is 29.9 Å². The fourth-order valence-corrected chi connectivity index (χ4v) is 2.22. The number of nitrogens with zero attached hydrogens (tertiary/aromatic N) is 2. The fourth-order valence-electron chi connectivity index (χ4n) is 2.22. The third-order valence-electron chi connectivity index (χ3n) is 3.22. The minimum atomic E-state index is -0.156. The first kappa shape index (κ1) is 13.7. The van der Waals surface area contributed by atoms with Crippen LogP contribution in [0.5, 0.6) is 0 Å². The highest BCUT2D eigenvalue weighted by atomic mass is 19.1. The van der Waals surface area contributed by atoms with Crippen LogP contribution < -0.4 is 5.32 Å². The Kier molecular flexibility index (Phi) is 4.32. The van der Waals surface area contributed by atoms with Gasteiger partial charge in [0.05, 0.1) is 5.69 Å². The number of hydrogen-bond acceptors (Lipinski definition) is 2. The van der Waals surface area contributed by atoms with Gasteiger partial charge in [-0.15, -0.1) is 0 Å². The predicted molar refractivity (Wildman–Crippen MR) is 74.5 cm³/mol. The molecule has 19 heavy (non-hydrogen) atoms. The number of benzene rings is 1. The van der Waals surface area contributed by atoms with Crippen LogP contribution in [-0.2, 0) is 13.5 Å². The van der Waals surface area contributed by atoms with Gasteiger partial charge in [-0.25, -0.2) is 4.39 Å². The van der Waals surface area contributed by atoms with Crippen LogP contribution >= 0.6 is 0 Å². The van der Waals surface area contributed by atoms with Crippen molar-refractivity contribution in [3.63, 3.8) is 0 Å². The van der Waals surface area contributed by atoms with Gasteiger partial charge in [0, 0.05) is 25.7 Å². The molecule has 0 aliphatic rings. The number of halogens is 1. The minimum absolute atomic E-state index is 0.156. The standard InChI is InChI=1S/C15H20FN3/c1-4-17-15(10-13-7-8-19(3)18-13)12-5-6-14(16)11(2)9-12/h5-9,15,17H,4,10H2,1-3H3. The van der Waals surface area contributed by atoms with E-state index in [1.165, 1.54) is 6.07 Å². The first-order valence-electron chi connectivity index (χ1n) is 6.58. The third kappa shape index (κ3) is 3.41. The first-order chi connectivity index (χ1) is 9.10. The maximum atomic E-state index is 13.3. The van der Waals surface area contributed by atoms with E-state index >= 15 is 0 Å². The van der Waals surface area contributed by atoms with Crippen LogP contribution in [0.25, 0.3) is 0 Å². The number of hydrogen-bond donors (Lipinski definition) is 1. The summed E-state index contributed by atoms with van der Waals surface area (Å²) < 4.78 is 15.1. The highest BCUT2D eigenvalue weighted by molar-refractivity contribution is 5.27. The lowest BCUT2D eigenvalue weighted by Gasteiger charge is -2.18. The molecule has 0 aliphatic carbocycles. The molecular formula is C15H20FN3. The average molecular weight is 261 g/mol. The van der Waals surface area contributed by atoms with Gasteiger partial charge in [-0.1, -0.05) is 19.1 Å². The summed E-state index contributed by atoms with van der Waals surface area (Å²) in [7, 11) is 1.91. The van der Waals surface area contributed by atoms with Crippen LogP contribution in [0.1, 0.15) is 29.8 Å². The van der Waals surface area contributed by atoms with Crippen molar-refractivity contribution >= 4 is 0 Å². The molecule has 1 aromatic carbocycles. The lowest BCUT2D eigenvalue weighted by Crippen LogP contribution is -2.23. The number of likely N-dealkylation sites (N-methyl/N-ethyl adjacent to an activating group) is 1. The zero-order valence-electron chi connectivity index (χ0n) is 11.7. The number of aromatic nitrogens is 2. The second-order valence-electron chi connectivity index (χ2n) is 4.80. The number of nitrogens with one attached hydrogen (secondary N) is 1. The predicted octanol–water partition coefficient (Wildman–Crippen LogP) is 2.76.